The molecule has 7 nitrogen and oxygen atoms in total. The minimum absolute atomic E-state index is 0.0706. The summed E-state index contributed by atoms with van der Waals surface area (Å²) in [5, 5.41) is 35.8. The van der Waals surface area contributed by atoms with Crippen molar-refractivity contribution in [3.63, 3.8) is 0 Å². The van der Waals surface area contributed by atoms with Gasteiger partial charge in [-0.05, 0) is 56.4 Å². The van der Waals surface area contributed by atoms with Crippen molar-refractivity contribution in [3.8, 4) is 0 Å². The molecule has 2 aliphatic heterocycles. The Hall–Kier alpha value is -1.87. The van der Waals surface area contributed by atoms with Crippen molar-refractivity contribution >= 4 is 23.6 Å². The zero-order valence-electron chi connectivity index (χ0n) is 17.5. The van der Waals surface area contributed by atoms with E-state index in [1.807, 2.05) is 31.4 Å². The Labute approximate surface area is 181 Å². The Balaban J connectivity index is 1.77. The van der Waals surface area contributed by atoms with Crippen LogP contribution in [0.15, 0.2) is 47.1 Å². The molecule has 2 fully saturated rings. The van der Waals surface area contributed by atoms with E-state index in [-0.39, 0.29) is 11.8 Å². The molecule has 8 heteroatoms. The predicted molar refractivity (Wildman–Crippen MR) is 113 cm³/mol. The number of carboxylic acids is 1. The number of rotatable bonds is 8. The number of amides is 1. The quantitative estimate of drug-likeness (QED) is 0.366. The minimum atomic E-state index is -1.40. The smallest absolute Gasteiger partial charge is 0.217 e. The fourth-order valence-electron chi connectivity index (χ4n) is 4.08. The standard InChI is InChI=1S/C22H30N2O5S/c1-13(6-7-15-8-9-15)11-17-20(26)22(3,29)19-18(5-4-10-24(17)19)30-12-16(21(27)28)23-14(2)25/h4-7,10-11,15-17,19-20,26,29H,8-9,12H2,1-3H3,(H,23,25)(H,27,28)/b7-6+,13-11+/t16-,17-,19?,20-,22-/m0/s1. The fraction of sp³-hybridized carbons (Fsp3) is 0.545. The maximum absolute atomic E-state index is 11.3. The van der Waals surface area contributed by atoms with E-state index >= 15 is 0 Å². The van der Waals surface area contributed by atoms with Gasteiger partial charge >= 0.3 is 0 Å². The van der Waals surface area contributed by atoms with E-state index in [0.29, 0.717) is 5.92 Å². The molecule has 164 valence electrons. The molecule has 3 rings (SSSR count). The molecular formula is C22H30N2O5S. The van der Waals surface area contributed by atoms with Crippen LogP contribution in [-0.4, -0.2) is 57.7 Å². The average Bonchev–Trinajstić information content (AvgIpc) is 3.48. The number of fused-ring (bicyclic) bond motifs is 1. The molecule has 1 amide bonds. The Morgan fingerprint density at radius 1 is 1.43 bits per heavy atom. The fourth-order valence-corrected chi connectivity index (χ4v) is 5.38. The van der Waals surface area contributed by atoms with Gasteiger partial charge in [0.05, 0.1) is 18.2 Å². The summed E-state index contributed by atoms with van der Waals surface area (Å²) in [4.78, 5) is 24.2. The molecule has 0 radical (unpaired) electrons. The van der Waals surface area contributed by atoms with Crippen LogP contribution in [0.2, 0.25) is 0 Å². The van der Waals surface area contributed by atoms with E-state index in [0.717, 1.165) is 15.4 Å². The molecule has 1 saturated carbocycles. The van der Waals surface area contributed by atoms with Crippen molar-refractivity contribution < 1.29 is 29.8 Å². The second kappa shape index (κ2) is 9.09. The first-order valence-electron chi connectivity index (χ1n) is 10.2. The number of allylic oxidation sites excluding steroid dienone is 5. The summed E-state index contributed by atoms with van der Waals surface area (Å²) in [6.45, 7) is 4.86. The SMILES string of the molecule is CC(=O)N[C@@H](CSC1=CC=C[NH+]2C1[C@](C)(O)[C@@H](O)[C@@H]2/C=C(C)/C=C/C1CC1)C(=O)[O-]. The van der Waals surface area contributed by atoms with Crippen molar-refractivity contribution in [1.82, 2.24) is 5.32 Å². The molecule has 0 aromatic carbocycles. The van der Waals surface area contributed by atoms with Crippen molar-refractivity contribution in [2.45, 2.75) is 63.4 Å². The zero-order chi connectivity index (χ0) is 22.1. The van der Waals surface area contributed by atoms with Gasteiger partial charge < -0.3 is 25.4 Å². The first-order chi connectivity index (χ1) is 14.1. The third-order valence-electron chi connectivity index (χ3n) is 5.85. The molecule has 3 aliphatic rings. The number of hydrogen-bond acceptors (Lipinski definition) is 6. The highest BCUT2D eigenvalue weighted by Gasteiger charge is 2.60. The van der Waals surface area contributed by atoms with Crippen LogP contribution in [0.3, 0.4) is 0 Å². The summed E-state index contributed by atoms with van der Waals surface area (Å²) in [5.41, 5.74) is -0.360. The van der Waals surface area contributed by atoms with Crippen molar-refractivity contribution in [3.05, 3.63) is 47.1 Å². The van der Waals surface area contributed by atoms with Gasteiger partial charge in [0.2, 0.25) is 5.91 Å². The van der Waals surface area contributed by atoms with Crippen LogP contribution in [-0.2, 0) is 9.59 Å². The number of hydrogen-bond donors (Lipinski definition) is 4. The van der Waals surface area contributed by atoms with Crippen LogP contribution in [0.1, 0.15) is 33.6 Å². The summed E-state index contributed by atoms with van der Waals surface area (Å²) in [5.74, 6) is -1.07. The molecule has 2 heterocycles. The normalized spacial score (nSPS) is 34.6. The summed E-state index contributed by atoms with van der Waals surface area (Å²) in [7, 11) is 0. The van der Waals surface area contributed by atoms with Gasteiger partial charge in [-0.2, -0.15) is 0 Å². The number of quaternary nitrogens is 1. The van der Waals surface area contributed by atoms with Gasteiger partial charge in [-0.1, -0.05) is 12.2 Å². The Kier molecular flexibility index (Phi) is 6.91. The zero-order valence-corrected chi connectivity index (χ0v) is 18.3. The van der Waals surface area contributed by atoms with Gasteiger partial charge in [0.15, 0.2) is 11.6 Å². The van der Waals surface area contributed by atoms with Crippen molar-refractivity contribution in [2.75, 3.05) is 5.75 Å². The van der Waals surface area contributed by atoms with Gasteiger partial charge in [-0.3, -0.25) is 9.69 Å². The van der Waals surface area contributed by atoms with E-state index < -0.39 is 35.7 Å². The van der Waals surface area contributed by atoms with Gasteiger partial charge in [-0.25, -0.2) is 0 Å². The Bertz CT molecular complexity index is 812. The first-order valence-corrected chi connectivity index (χ1v) is 11.2. The lowest BCUT2D eigenvalue weighted by Crippen LogP contribution is -3.14. The van der Waals surface area contributed by atoms with Crippen LogP contribution in [0, 0.1) is 5.92 Å². The lowest BCUT2D eigenvalue weighted by molar-refractivity contribution is -0.877. The summed E-state index contributed by atoms with van der Waals surface area (Å²) >= 11 is 1.25. The van der Waals surface area contributed by atoms with Gasteiger partial charge in [0.1, 0.15) is 12.1 Å². The molecule has 4 N–H and O–H groups in total. The van der Waals surface area contributed by atoms with Gasteiger partial charge in [0.25, 0.3) is 0 Å². The summed E-state index contributed by atoms with van der Waals surface area (Å²) < 4.78 is 0. The topological polar surface area (TPSA) is 114 Å². The number of carbonyl (C=O) groups is 2. The van der Waals surface area contributed by atoms with Gasteiger partial charge in [-0.15, -0.1) is 11.8 Å². The molecule has 0 bridgehead atoms. The molecule has 6 atom stereocenters. The van der Waals surface area contributed by atoms with E-state index in [9.17, 15) is 24.9 Å². The summed E-state index contributed by atoms with van der Waals surface area (Å²) in [6.07, 6.45) is 13.3. The van der Waals surface area contributed by atoms with Crippen LogP contribution in [0.25, 0.3) is 0 Å². The lowest BCUT2D eigenvalue weighted by atomic mass is 9.91. The van der Waals surface area contributed by atoms with Crippen molar-refractivity contribution in [2.24, 2.45) is 5.92 Å². The molecule has 1 saturated heterocycles. The Morgan fingerprint density at radius 3 is 2.73 bits per heavy atom. The number of nitrogens with one attached hydrogen (secondary N) is 2. The molecule has 0 aromatic heterocycles. The number of carbonyl (C=O) groups excluding carboxylic acids is 2. The van der Waals surface area contributed by atoms with Crippen molar-refractivity contribution in [1.29, 1.82) is 0 Å². The molecule has 0 spiro atoms. The minimum Gasteiger partial charge on any atom is -0.548 e. The van der Waals surface area contributed by atoms with Crippen LogP contribution < -0.4 is 15.3 Å². The number of thioether (sulfide) groups is 1. The first kappa shape index (κ1) is 22.8. The molecule has 0 aromatic rings. The second-order valence-electron chi connectivity index (χ2n) is 8.55. The largest absolute Gasteiger partial charge is 0.548 e. The van der Waals surface area contributed by atoms with Crippen LogP contribution in [0.5, 0.6) is 0 Å². The van der Waals surface area contributed by atoms with E-state index in [1.54, 1.807) is 6.92 Å². The molecule has 2 unspecified atom stereocenters. The highest BCUT2D eigenvalue weighted by molar-refractivity contribution is 8.03. The van der Waals surface area contributed by atoms with E-state index in [2.05, 4.69) is 17.5 Å². The number of aliphatic hydroxyl groups is 2. The average molecular weight is 435 g/mol. The van der Waals surface area contributed by atoms with E-state index in [1.165, 1.54) is 31.5 Å². The maximum Gasteiger partial charge on any atom is 0.217 e. The molecule has 1 aliphatic carbocycles. The van der Waals surface area contributed by atoms with Crippen LogP contribution in [0.4, 0.5) is 0 Å². The molecule has 30 heavy (non-hydrogen) atoms. The second-order valence-corrected chi connectivity index (χ2v) is 9.64. The predicted octanol–water partition coefficient (Wildman–Crippen LogP) is -0.954. The highest BCUT2D eigenvalue weighted by Crippen LogP contribution is 2.35. The third-order valence-corrected chi connectivity index (χ3v) is 7.05. The molecular weight excluding hydrogens is 404 g/mol. The maximum atomic E-state index is 11.3. The van der Waals surface area contributed by atoms with Gasteiger partial charge in [0, 0.05) is 17.6 Å². The van der Waals surface area contributed by atoms with Crippen LogP contribution >= 0.6 is 11.8 Å². The summed E-state index contributed by atoms with van der Waals surface area (Å²) in [6, 6.07) is -1.91. The van der Waals surface area contributed by atoms with E-state index in [4.69, 9.17) is 0 Å². The monoisotopic (exact) mass is 434 g/mol. The lowest BCUT2D eigenvalue weighted by Gasteiger charge is -2.31. The number of carboxylic acid groups (broad SMARTS) is 1. The number of aliphatic hydroxyl groups excluding tert-OH is 1. The third kappa shape index (κ3) is 5.06. The highest BCUT2D eigenvalue weighted by atomic mass is 32.2. The number of aliphatic carboxylic acids is 1. The Morgan fingerprint density at radius 2 is 2.13 bits per heavy atom.